The second-order valence-electron chi connectivity index (χ2n) is 4.25. The van der Waals surface area contributed by atoms with Gasteiger partial charge in [-0.2, -0.15) is 0 Å². The molecule has 2 N–H and O–H groups in total. The molecule has 2 nitrogen and oxygen atoms in total. The van der Waals surface area contributed by atoms with Crippen molar-refractivity contribution >= 4 is 11.8 Å². The Labute approximate surface area is 102 Å². The number of likely N-dealkylation sites (N-methyl/N-ethyl adjacent to an activating group) is 1. The monoisotopic (exact) mass is 239 g/mol. The highest BCUT2D eigenvalue weighted by molar-refractivity contribution is 7.99. The molecule has 0 spiro atoms. The first kappa shape index (κ1) is 13.6. The number of thioether (sulfide) groups is 1. The van der Waals surface area contributed by atoms with Crippen LogP contribution in [-0.2, 0) is 0 Å². The Kier molecular flexibility index (Phi) is 5.32. The molecule has 90 valence electrons. The van der Waals surface area contributed by atoms with Crippen LogP contribution in [0.15, 0.2) is 17.0 Å². The molecule has 0 amide bonds. The molecule has 0 radical (unpaired) electrons. The summed E-state index contributed by atoms with van der Waals surface area (Å²) >= 11 is 1.74. The smallest absolute Gasteiger partial charge is 0.0758 e. The predicted molar refractivity (Wildman–Crippen MR) is 71.3 cm³/mol. The molecule has 1 unspecified atom stereocenters. The Morgan fingerprint density at radius 2 is 1.81 bits per heavy atom. The fourth-order valence-corrected chi connectivity index (χ4v) is 2.92. The molecule has 1 aromatic rings. The maximum atomic E-state index is 9.66. The minimum Gasteiger partial charge on any atom is -0.391 e. The first-order valence-corrected chi connectivity index (χ1v) is 6.56. The number of nitrogens with one attached hydrogen (secondary N) is 1. The largest absolute Gasteiger partial charge is 0.391 e. The van der Waals surface area contributed by atoms with Gasteiger partial charge in [0.2, 0.25) is 0 Å². The molecule has 0 fully saturated rings. The lowest BCUT2D eigenvalue weighted by Crippen LogP contribution is -2.25. The third-order valence-corrected chi connectivity index (χ3v) is 3.95. The van der Waals surface area contributed by atoms with Crippen LogP contribution in [0.1, 0.15) is 16.7 Å². The predicted octanol–water partition coefficient (Wildman–Crippen LogP) is 2.28. The van der Waals surface area contributed by atoms with Gasteiger partial charge in [0.05, 0.1) is 6.10 Å². The van der Waals surface area contributed by atoms with Crippen LogP contribution in [0.25, 0.3) is 0 Å². The van der Waals surface area contributed by atoms with Gasteiger partial charge in [-0.1, -0.05) is 17.7 Å². The molecular weight excluding hydrogens is 218 g/mol. The maximum absolute atomic E-state index is 9.66. The molecule has 1 rings (SSSR count). The minimum absolute atomic E-state index is 0.282. The van der Waals surface area contributed by atoms with E-state index in [1.165, 1.54) is 21.6 Å². The van der Waals surface area contributed by atoms with Crippen molar-refractivity contribution in [1.29, 1.82) is 0 Å². The quantitative estimate of drug-likeness (QED) is 0.773. The first-order chi connectivity index (χ1) is 7.54. The molecule has 0 aliphatic carbocycles. The van der Waals surface area contributed by atoms with Gasteiger partial charge < -0.3 is 10.4 Å². The average molecular weight is 239 g/mol. The van der Waals surface area contributed by atoms with Crippen LogP contribution < -0.4 is 5.32 Å². The molecule has 1 aromatic carbocycles. The SMILES string of the molecule is CNCC(O)CSc1c(C)cc(C)cc1C. The van der Waals surface area contributed by atoms with E-state index in [9.17, 15) is 5.11 Å². The zero-order valence-corrected chi connectivity index (χ0v) is 11.3. The minimum atomic E-state index is -0.282. The summed E-state index contributed by atoms with van der Waals surface area (Å²) in [6.45, 7) is 7.03. The number of hydrogen-bond donors (Lipinski definition) is 2. The molecule has 0 aromatic heterocycles. The van der Waals surface area contributed by atoms with Gasteiger partial charge >= 0.3 is 0 Å². The number of hydrogen-bond acceptors (Lipinski definition) is 3. The molecule has 0 aliphatic rings. The second kappa shape index (κ2) is 6.28. The van der Waals surface area contributed by atoms with E-state index in [1.807, 2.05) is 7.05 Å². The van der Waals surface area contributed by atoms with E-state index >= 15 is 0 Å². The van der Waals surface area contributed by atoms with Crippen molar-refractivity contribution < 1.29 is 5.11 Å². The van der Waals surface area contributed by atoms with E-state index in [4.69, 9.17) is 0 Å². The van der Waals surface area contributed by atoms with Gasteiger partial charge in [-0.05, 0) is 38.9 Å². The Morgan fingerprint density at radius 3 is 2.31 bits per heavy atom. The molecule has 0 heterocycles. The fourth-order valence-electron chi connectivity index (χ4n) is 1.87. The van der Waals surface area contributed by atoms with Crippen molar-refractivity contribution in [2.45, 2.75) is 31.8 Å². The van der Waals surface area contributed by atoms with Gasteiger partial charge in [-0.25, -0.2) is 0 Å². The third-order valence-electron chi connectivity index (χ3n) is 2.46. The summed E-state index contributed by atoms with van der Waals surface area (Å²) in [5.41, 5.74) is 3.91. The third kappa shape index (κ3) is 3.81. The lowest BCUT2D eigenvalue weighted by molar-refractivity contribution is 0.199. The van der Waals surface area contributed by atoms with Crippen LogP contribution in [0.4, 0.5) is 0 Å². The summed E-state index contributed by atoms with van der Waals surface area (Å²) < 4.78 is 0. The van der Waals surface area contributed by atoms with Gasteiger partial charge in [0.25, 0.3) is 0 Å². The van der Waals surface area contributed by atoms with Crippen molar-refractivity contribution in [3.8, 4) is 0 Å². The highest BCUT2D eigenvalue weighted by atomic mass is 32.2. The highest BCUT2D eigenvalue weighted by Gasteiger charge is 2.08. The summed E-state index contributed by atoms with van der Waals surface area (Å²) in [5, 5.41) is 12.6. The van der Waals surface area contributed by atoms with Crippen molar-refractivity contribution in [3.05, 3.63) is 28.8 Å². The topological polar surface area (TPSA) is 32.3 Å². The number of rotatable bonds is 5. The number of aliphatic hydroxyl groups excluding tert-OH is 1. The Balaban J connectivity index is 2.67. The molecular formula is C13H21NOS. The maximum Gasteiger partial charge on any atom is 0.0758 e. The van der Waals surface area contributed by atoms with E-state index < -0.39 is 0 Å². The molecule has 0 saturated heterocycles. The van der Waals surface area contributed by atoms with Crippen LogP contribution in [-0.4, -0.2) is 30.6 Å². The van der Waals surface area contributed by atoms with Gasteiger partial charge in [0, 0.05) is 17.2 Å². The molecule has 3 heteroatoms. The molecule has 0 bridgehead atoms. The molecule has 0 saturated carbocycles. The molecule has 16 heavy (non-hydrogen) atoms. The lowest BCUT2D eigenvalue weighted by atomic mass is 10.1. The highest BCUT2D eigenvalue weighted by Crippen LogP contribution is 2.27. The van der Waals surface area contributed by atoms with Crippen LogP contribution in [0.3, 0.4) is 0 Å². The number of benzene rings is 1. The molecule has 1 atom stereocenters. The lowest BCUT2D eigenvalue weighted by Gasteiger charge is -2.13. The van der Waals surface area contributed by atoms with Gasteiger partial charge in [-0.3, -0.25) is 0 Å². The van der Waals surface area contributed by atoms with Crippen molar-refractivity contribution in [1.82, 2.24) is 5.32 Å². The Morgan fingerprint density at radius 1 is 1.25 bits per heavy atom. The fraction of sp³-hybridized carbons (Fsp3) is 0.538. The summed E-state index contributed by atoms with van der Waals surface area (Å²) in [7, 11) is 1.86. The van der Waals surface area contributed by atoms with Gasteiger partial charge in [-0.15, -0.1) is 11.8 Å². The van der Waals surface area contributed by atoms with E-state index in [2.05, 4.69) is 38.2 Å². The van der Waals surface area contributed by atoms with Crippen LogP contribution in [0.5, 0.6) is 0 Å². The zero-order chi connectivity index (χ0) is 12.1. The van der Waals surface area contributed by atoms with Crippen molar-refractivity contribution in [2.24, 2.45) is 0 Å². The van der Waals surface area contributed by atoms with Crippen molar-refractivity contribution in [2.75, 3.05) is 19.3 Å². The Bertz CT molecular complexity index is 329. The molecule has 0 aliphatic heterocycles. The number of aliphatic hydroxyl groups is 1. The van der Waals surface area contributed by atoms with Crippen LogP contribution in [0.2, 0.25) is 0 Å². The van der Waals surface area contributed by atoms with Crippen molar-refractivity contribution in [3.63, 3.8) is 0 Å². The van der Waals surface area contributed by atoms with E-state index in [1.54, 1.807) is 11.8 Å². The van der Waals surface area contributed by atoms with Gasteiger partial charge in [0.15, 0.2) is 0 Å². The normalized spacial score (nSPS) is 12.8. The van der Waals surface area contributed by atoms with E-state index in [0.29, 0.717) is 6.54 Å². The van der Waals surface area contributed by atoms with E-state index in [-0.39, 0.29) is 6.10 Å². The summed E-state index contributed by atoms with van der Waals surface area (Å²) in [5.74, 6) is 0.742. The number of aryl methyl sites for hydroxylation is 3. The zero-order valence-electron chi connectivity index (χ0n) is 10.5. The summed E-state index contributed by atoms with van der Waals surface area (Å²) in [6, 6.07) is 4.39. The average Bonchev–Trinajstić information content (AvgIpc) is 2.16. The van der Waals surface area contributed by atoms with Crippen LogP contribution in [0, 0.1) is 20.8 Å². The van der Waals surface area contributed by atoms with Crippen LogP contribution >= 0.6 is 11.8 Å². The van der Waals surface area contributed by atoms with E-state index in [0.717, 1.165) is 5.75 Å². The van der Waals surface area contributed by atoms with Gasteiger partial charge in [0.1, 0.15) is 0 Å². The standard InChI is InChI=1S/C13H21NOS/c1-9-5-10(2)13(11(3)6-9)16-8-12(15)7-14-4/h5-6,12,14-15H,7-8H2,1-4H3. The summed E-state index contributed by atoms with van der Waals surface area (Å²) in [6.07, 6.45) is -0.282. The Hall–Kier alpha value is -0.510. The second-order valence-corrected chi connectivity index (χ2v) is 5.28. The first-order valence-electron chi connectivity index (χ1n) is 5.58. The summed E-state index contributed by atoms with van der Waals surface area (Å²) in [4.78, 5) is 1.31.